The zero-order valence-electron chi connectivity index (χ0n) is 10.9. The molecule has 1 N–H and O–H groups in total. The van der Waals surface area contributed by atoms with E-state index in [1.54, 1.807) is 0 Å². The molecule has 1 aromatic rings. The van der Waals surface area contributed by atoms with Gasteiger partial charge in [-0.25, -0.2) is 4.79 Å². The smallest absolute Gasteiger partial charge is 0.407 e. The Kier molecular flexibility index (Phi) is 4.95. The summed E-state index contributed by atoms with van der Waals surface area (Å²) in [4.78, 5) is 22.5. The fourth-order valence-corrected chi connectivity index (χ4v) is 2.39. The molecule has 1 fully saturated rings. The van der Waals surface area contributed by atoms with Gasteiger partial charge in [0.25, 0.3) is 0 Å². The number of ether oxygens (including phenoxy) is 1. The summed E-state index contributed by atoms with van der Waals surface area (Å²) in [5.41, 5.74) is 0.915. The molecule has 0 unspecified atom stereocenters. The average Bonchev–Trinajstić information content (AvgIpc) is 2.92. The quantitative estimate of drug-likeness (QED) is 0.829. The van der Waals surface area contributed by atoms with E-state index in [-0.39, 0.29) is 18.6 Å². The fraction of sp³-hybridized carbons (Fsp3) is 0.467. The van der Waals surface area contributed by atoms with Gasteiger partial charge in [0, 0.05) is 6.42 Å². The number of benzene rings is 1. The molecule has 1 atom stereocenters. The molecule has 0 heterocycles. The first-order chi connectivity index (χ1) is 9.29. The maximum atomic E-state index is 11.8. The molecule has 1 saturated carbocycles. The molecule has 0 spiro atoms. The standard InChI is InChI=1S/C15H19NO3/c17-11-10-14(12-6-2-1-3-7-12)16-15(18)19-13-8-4-5-9-13/h1-3,6-7,11,13-14H,4-5,8-10H2,(H,16,18)/t14-/m1/s1. The van der Waals surface area contributed by atoms with Crippen molar-refractivity contribution in [2.75, 3.05) is 0 Å². The lowest BCUT2D eigenvalue weighted by molar-refractivity contribution is -0.108. The molecular weight excluding hydrogens is 242 g/mol. The van der Waals surface area contributed by atoms with Crippen molar-refractivity contribution in [2.45, 2.75) is 44.2 Å². The van der Waals surface area contributed by atoms with Crippen molar-refractivity contribution in [1.82, 2.24) is 5.32 Å². The second-order valence-electron chi connectivity index (χ2n) is 4.82. The summed E-state index contributed by atoms with van der Waals surface area (Å²) in [6.45, 7) is 0. The minimum atomic E-state index is -0.428. The summed E-state index contributed by atoms with van der Waals surface area (Å²) in [5.74, 6) is 0. The fourth-order valence-electron chi connectivity index (χ4n) is 2.39. The van der Waals surface area contributed by atoms with E-state index in [4.69, 9.17) is 4.74 Å². The van der Waals surface area contributed by atoms with Crippen LogP contribution in [0.15, 0.2) is 30.3 Å². The van der Waals surface area contributed by atoms with Gasteiger partial charge >= 0.3 is 6.09 Å². The minimum absolute atomic E-state index is 0.0349. The van der Waals surface area contributed by atoms with Gasteiger partial charge in [-0.15, -0.1) is 0 Å². The highest BCUT2D eigenvalue weighted by molar-refractivity contribution is 5.69. The van der Waals surface area contributed by atoms with Crippen LogP contribution in [-0.4, -0.2) is 18.5 Å². The number of rotatable bonds is 5. The lowest BCUT2D eigenvalue weighted by atomic mass is 10.1. The van der Waals surface area contributed by atoms with Crippen LogP contribution in [-0.2, 0) is 9.53 Å². The number of aldehydes is 1. The summed E-state index contributed by atoms with van der Waals surface area (Å²) < 4.78 is 5.34. The Morgan fingerprint density at radius 3 is 2.63 bits per heavy atom. The molecule has 4 heteroatoms. The third-order valence-corrected chi connectivity index (χ3v) is 3.40. The van der Waals surface area contributed by atoms with Crippen LogP contribution >= 0.6 is 0 Å². The summed E-state index contributed by atoms with van der Waals surface area (Å²) in [6, 6.07) is 9.15. The largest absolute Gasteiger partial charge is 0.446 e. The Labute approximate surface area is 113 Å². The molecule has 0 saturated heterocycles. The van der Waals surface area contributed by atoms with Crippen LogP contribution in [0.2, 0.25) is 0 Å². The molecule has 4 nitrogen and oxygen atoms in total. The Balaban J connectivity index is 1.92. The van der Waals surface area contributed by atoms with Gasteiger partial charge in [0.2, 0.25) is 0 Å². The highest BCUT2D eigenvalue weighted by atomic mass is 16.6. The lowest BCUT2D eigenvalue weighted by Gasteiger charge is -2.18. The molecule has 0 aliphatic heterocycles. The van der Waals surface area contributed by atoms with Gasteiger partial charge in [0.05, 0.1) is 6.04 Å². The first kappa shape index (κ1) is 13.6. The van der Waals surface area contributed by atoms with E-state index in [1.165, 1.54) is 0 Å². The zero-order valence-corrected chi connectivity index (χ0v) is 10.9. The molecule has 102 valence electrons. The number of hydrogen-bond donors (Lipinski definition) is 1. The van der Waals surface area contributed by atoms with Crippen molar-refractivity contribution in [3.63, 3.8) is 0 Å². The Morgan fingerprint density at radius 1 is 1.32 bits per heavy atom. The second kappa shape index (κ2) is 6.92. The summed E-state index contributed by atoms with van der Waals surface area (Å²) in [5, 5.41) is 2.77. The van der Waals surface area contributed by atoms with Gasteiger partial charge in [0.1, 0.15) is 12.4 Å². The zero-order chi connectivity index (χ0) is 13.5. The lowest BCUT2D eigenvalue weighted by Crippen LogP contribution is -2.31. The van der Waals surface area contributed by atoms with Gasteiger partial charge < -0.3 is 14.8 Å². The van der Waals surface area contributed by atoms with Crippen molar-refractivity contribution in [1.29, 1.82) is 0 Å². The van der Waals surface area contributed by atoms with Crippen molar-refractivity contribution in [3.8, 4) is 0 Å². The molecule has 2 rings (SSSR count). The number of hydrogen-bond acceptors (Lipinski definition) is 3. The van der Waals surface area contributed by atoms with Crippen molar-refractivity contribution >= 4 is 12.4 Å². The van der Waals surface area contributed by atoms with E-state index in [1.807, 2.05) is 30.3 Å². The van der Waals surface area contributed by atoms with Crippen LogP contribution < -0.4 is 5.32 Å². The van der Waals surface area contributed by atoms with Crippen LogP contribution in [0, 0.1) is 0 Å². The number of alkyl carbamates (subject to hydrolysis) is 1. The molecule has 1 aromatic carbocycles. The van der Waals surface area contributed by atoms with Crippen LogP contribution in [0.25, 0.3) is 0 Å². The third-order valence-electron chi connectivity index (χ3n) is 3.40. The van der Waals surface area contributed by atoms with Gasteiger partial charge in [-0.3, -0.25) is 0 Å². The first-order valence-corrected chi connectivity index (χ1v) is 6.75. The first-order valence-electron chi connectivity index (χ1n) is 6.75. The second-order valence-corrected chi connectivity index (χ2v) is 4.82. The third kappa shape index (κ3) is 4.09. The number of carbonyl (C=O) groups is 2. The van der Waals surface area contributed by atoms with Crippen LogP contribution in [0.1, 0.15) is 43.7 Å². The van der Waals surface area contributed by atoms with Gasteiger partial charge in [0.15, 0.2) is 0 Å². The van der Waals surface area contributed by atoms with E-state index in [0.29, 0.717) is 0 Å². The van der Waals surface area contributed by atoms with Crippen molar-refractivity contribution in [3.05, 3.63) is 35.9 Å². The van der Waals surface area contributed by atoms with Crippen molar-refractivity contribution in [2.24, 2.45) is 0 Å². The summed E-state index contributed by atoms with van der Waals surface area (Å²) in [6.07, 6.45) is 4.80. The SMILES string of the molecule is O=CC[C@@H](NC(=O)OC1CCCC1)c1ccccc1. The van der Waals surface area contributed by atoms with Gasteiger partial charge in [-0.1, -0.05) is 30.3 Å². The molecule has 19 heavy (non-hydrogen) atoms. The molecular formula is C15H19NO3. The Morgan fingerprint density at radius 2 is 2.00 bits per heavy atom. The monoisotopic (exact) mass is 261 g/mol. The predicted octanol–water partition coefficient (Wildman–Crippen LogP) is 2.99. The van der Waals surface area contributed by atoms with Gasteiger partial charge in [-0.2, -0.15) is 0 Å². The van der Waals surface area contributed by atoms with E-state index in [2.05, 4.69) is 5.32 Å². The highest BCUT2D eigenvalue weighted by Crippen LogP contribution is 2.22. The Bertz CT molecular complexity index is 413. The van der Waals surface area contributed by atoms with E-state index in [0.717, 1.165) is 37.5 Å². The van der Waals surface area contributed by atoms with Gasteiger partial charge in [-0.05, 0) is 31.2 Å². The molecule has 1 amide bonds. The molecule has 0 radical (unpaired) electrons. The van der Waals surface area contributed by atoms with Crippen LogP contribution in [0.5, 0.6) is 0 Å². The van der Waals surface area contributed by atoms with Crippen LogP contribution in [0.4, 0.5) is 4.79 Å². The number of nitrogens with one attached hydrogen (secondary N) is 1. The normalized spacial score (nSPS) is 16.8. The average molecular weight is 261 g/mol. The molecule has 1 aliphatic rings. The maximum absolute atomic E-state index is 11.8. The summed E-state index contributed by atoms with van der Waals surface area (Å²) >= 11 is 0. The topological polar surface area (TPSA) is 55.4 Å². The maximum Gasteiger partial charge on any atom is 0.407 e. The molecule has 0 aromatic heterocycles. The predicted molar refractivity (Wildman–Crippen MR) is 71.7 cm³/mol. The minimum Gasteiger partial charge on any atom is -0.446 e. The van der Waals surface area contributed by atoms with E-state index < -0.39 is 6.09 Å². The highest BCUT2D eigenvalue weighted by Gasteiger charge is 2.21. The Hall–Kier alpha value is -1.84. The summed E-state index contributed by atoms with van der Waals surface area (Å²) in [7, 11) is 0. The van der Waals surface area contributed by atoms with E-state index >= 15 is 0 Å². The molecule has 1 aliphatic carbocycles. The molecule has 0 bridgehead atoms. The van der Waals surface area contributed by atoms with Crippen molar-refractivity contribution < 1.29 is 14.3 Å². The number of carbonyl (C=O) groups excluding carboxylic acids is 2. The van der Waals surface area contributed by atoms with E-state index in [9.17, 15) is 9.59 Å². The number of amides is 1. The van der Waals surface area contributed by atoms with Crippen LogP contribution in [0.3, 0.4) is 0 Å².